The maximum Gasteiger partial charge on any atom is 0.407 e. The van der Waals surface area contributed by atoms with Crippen molar-refractivity contribution >= 4 is 22.8 Å². The lowest BCUT2D eigenvalue weighted by molar-refractivity contribution is -0.137. The molecule has 39 heavy (non-hydrogen) atoms. The number of nitrogens with one attached hydrogen (secondary N) is 1. The van der Waals surface area contributed by atoms with Gasteiger partial charge in [-0.2, -0.15) is 0 Å². The Morgan fingerprint density at radius 2 is 1.90 bits per heavy atom. The molecule has 1 aliphatic heterocycles. The molecule has 212 valence electrons. The molecule has 1 saturated heterocycles. The average Bonchev–Trinajstić information content (AvgIpc) is 3.26. The molecule has 7 nitrogen and oxygen atoms in total. The van der Waals surface area contributed by atoms with Crippen LogP contribution in [0.25, 0.3) is 10.8 Å². The van der Waals surface area contributed by atoms with E-state index in [0.29, 0.717) is 25.8 Å². The van der Waals surface area contributed by atoms with E-state index in [9.17, 15) is 9.59 Å². The number of allylic oxidation sites excluding steroid dienone is 2. The Kier molecular flexibility index (Phi) is 9.83. The van der Waals surface area contributed by atoms with Gasteiger partial charge in [-0.15, -0.1) is 13.2 Å². The number of nitrogens with zero attached hydrogens (tertiary/aromatic N) is 1. The van der Waals surface area contributed by atoms with E-state index in [1.54, 1.807) is 20.3 Å². The van der Waals surface area contributed by atoms with Gasteiger partial charge in [0.1, 0.15) is 17.4 Å². The highest BCUT2D eigenvalue weighted by Crippen LogP contribution is 2.42. The van der Waals surface area contributed by atoms with E-state index in [0.717, 1.165) is 34.1 Å². The van der Waals surface area contributed by atoms with Crippen LogP contribution < -0.4 is 10.1 Å². The first kappa shape index (κ1) is 30.2. The Labute approximate surface area is 233 Å². The van der Waals surface area contributed by atoms with Crippen LogP contribution in [0, 0.1) is 5.41 Å². The molecule has 0 aromatic heterocycles. The normalized spacial score (nSPS) is 19.9. The summed E-state index contributed by atoms with van der Waals surface area (Å²) >= 11 is 0. The number of carbonyl (C=O) groups is 2. The number of carbonyl (C=O) groups excluding carboxylic acids is 2. The van der Waals surface area contributed by atoms with Crippen LogP contribution in [0.15, 0.2) is 55.6 Å². The van der Waals surface area contributed by atoms with Gasteiger partial charge >= 0.3 is 6.09 Å². The predicted molar refractivity (Wildman–Crippen MR) is 156 cm³/mol. The van der Waals surface area contributed by atoms with Crippen LogP contribution in [0.2, 0.25) is 0 Å². The van der Waals surface area contributed by atoms with Crippen molar-refractivity contribution in [1.29, 1.82) is 0 Å². The molecule has 1 N–H and O–H groups in total. The van der Waals surface area contributed by atoms with E-state index < -0.39 is 23.2 Å². The average molecular weight is 537 g/mol. The summed E-state index contributed by atoms with van der Waals surface area (Å²) in [7, 11) is 3.37. The van der Waals surface area contributed by atoms with Crippen LogP contribution in [0.1, 0.15) is 58.1 Å². The van der Waals surface area contributed by atoms with Crippen molar-refractivity contribution in [1.82, 2.24) is 10.2 Å². The Hall–Kier alpha value is -3.32. The Bertz CT molecular complexity index is 1200. The summed E-state index contributed by atoms with van der Waals surface area (Å²) in [6, 6.07) is 9.51. The van der Waals surface area contributed by atoms with Gasteiger partial charge in [-0.05, 0) is 60.1 Å². The standard InChI is InChI=1S/C32H44N2O5/c1-9-11-12-18-39-30(36)33-28(31(4,5)6)29(35)34-21-32(38-8,20-22(34)3)24-16-14-23-15-17-27(37-7)25(13-10-2)26(23)19-24/h9-10,14-17,19,22,28H,1-2,11-13,18,20-21H2,3-8H3,(H,33,36)/t22-,28-,32+/m1/s1. The number of benzene rings is 2. The van der Waals surface area contributed by atoms with Crippen LogP contribution in [0.5, 0.6) is 5.75 Å². The van der Waals surface area contributed by atoms with Crippen molar-refractivity contribution < 1.29 is 23.8 Å². The highest BCUT2D eigenvalue weighted by atomic mass is 16.5. The van der Waals surface area contributed by atoms with E-state index >= 15 is 0 Å². The molecule has 0 bridgehead atoms. The van der Waals surface area contributed by atoms with E-state index in [1.165, 1.54) is 0 Å². The van der Waals surface area contributed by atoms with Crippen LogP contribution in [0.4, 0.5) is 4.79 Å². The molecule has 0 spiro atoms. The molecule has 0 aliphatic carbocycles. The number of rotatable bonds is 11. The van der Waals surface area contributed by atoms with Crippen molar-refractivity contribution in [3.63, 3.8) is 0 Å². The second-order valence-electron chi connectivity index (χ2n) is 11.4. The lowest BCUT2D eigenvalue weighted by Gasteiger charge is -2.35. The fourth-order valence-electron chi connectivity index (χ4n) is 5.41. The van der Waals surface area contributed by atoms with Crippen LogP contribution in [-0.2, 0) is 26.3 Å². The summed E-state index contributed by atoms with van der Waals surface area (Å²) in [5.41, 5.74) is 0.862. The molecule has 0 saturated carbocycles. The number of likely N-dealkylation sites (tertiary alicyclic amines) is 1. The van der Waals surface area contributed by atoms with Crippen molar-refractivity contribution in [3.05, 3.63) is 66.8 Å². The zero-order valence-electron chi connectivity index (χ0n) is 24.3. The van der Waals surface area contributed by atoms with Crippen molar-refractivity contribution in [2.45, 2.75) is 71.1 Å². The molecule has 1 heterocycles. The molecule has 0 radical (unpaired) electrons. The van der Waals surface area contributed by atoms with Gasteiger partial charge in [-0.1, -0.05) is 51.1 Å². The van der Waals surface area contributed by atoms with Crippen molar-refractivity contribution in [2.75, 3.05) is 27.4 Å². The Morgan fingerprint density at radius 1 is 1.18 bits per heavy atom. The van der Waals surface area contributed by atoms with Gasteiger partial charge in [-0.3, -0.25) is 4.79 Å². The zero-order chi connectivity index (χ0) is 28.8. The number of methoxy groups -OCH3 is 2. The van der Waals surface area contributed by atoms with Crippen molar-refractivity contribution in [3.8, 4) is 5.75 Å². The number of unbranched alkanes of at least 4 members (excludes halogenated alkanes) is 1. The van der Waals surface area contributed by atoms with E-state index in [4.69, 9.17) is 14.2 Å². The van der Waals surface area contributed by atoms with Gasteiger partial charge in [0.05, 0.1) is 20.3 Å². The molecule has 3 atom stereocenters. The first-order chi connectivity index (χ1) is 18.5. The van der Waals surface area contributed by atoms with Crippen LogP contribution in [0.3, 0.4) is 0 Å². The van der Waals surface area contributed by atoms with Gasteiger partial charge in [0.15, 0.2) is 0 Å². The second-order valence-corrected chi connectivity index (χ2v) is 11.4. The summed E-state index contributed by atoms with van der Waals surface area (Å²) in [5, 5.41) is 5.01. The Balaban J connectivity index is 1.91. The van der Waals surface area contributed by atoms with Gasteiger partial charge in [-0.25, -0.2) is 4.79 Å². The summed E-state index contributed by atoms with van der Waals surface area (Å²) in [6.45, 7) is 16.1. The number of fused-ring (bicyclic) bond motifs is 1. The molecular formula is C32H44N2O5. The number of ether oxygens (including phenoxy) is 3. The van der Waals surface area contributed by atoms with Crippen LogP contribution in [-0.4, -0.2) is 56.4 Å². The largest absolute Gasteiger partial charge is 0.496 e. The minimum absolute atomic E-state index is 0.0960. The molecule has 0 unspecified atom stereocenters. The van der Waals surface area contributed by atoms with Gasteiger partial charge < -0.3 is 24.4 Å². The fourth-order valence-corrected chi connectivity index (χ4v) is 5.41. The number of hydrogen-bond donors (Lipinski definition) is 1. The molecule has 3 rings (SSSR count). The van der Waals surface area contributed by atoms with Crippen molar-refractivity contribution in [2.24, 2.45) is 5.41 Å². The lowest BCUT2D eigenvalue weighted by Crippen LogP contribution is -2.56. The quantitative estimate of drug-likeness (QED) is 0.275. The second kappa shape index (κ2) is 12.7. The summed E-state index contributed by atoms with van der Waals surface area (Å²) in [4.78, 5) is 28.3. The van der Waals surface area contributed by atoms with E-state index in [2.05, 4.69) is 36.7 Å². The summed E-state index contributed by atoms with van der Waals surface area (Å²) in [5.74, 6) is 0.671. The molecule has 2 amide bonds. The maximum atomic E-state index is 13.9. The van der Waals surface area contributed by atoms with Crippen LogP contribution >= 0.6 is 0 Å². The highest BCUT2D eigenvalue weighted by molar-refractivity contribution is 5.89. The number of amides is 2. The van der Waals surface area contributed by atoms with E-state index in [-0.39, 0.29) is 18.6 Å². The maximum absolute atomic E-state index is 13.9. The molecule has 7 heteroatoms. The number of hydrogen-bond acceptors (Lipinski definition) is 5. The third-order valence-electron chi connectivity index (χ3n) is 7.60. The third kappa shape index (κ3) is 6.64. The topological polar surface area (TPSA) is 77.1 Å². The summed E-state index contributed by atoms with van der Waals surface area (Å²) < 4.78 is 17.2. The third-order valence-corrected chi connectivity index (χ3v) is 7.60. The molecule has 2 aromatic rings. The number of alkyl carbamates (subject to hydrolysis) is 1. The van der Waals surface area contributed by atoms with E-state index in [1.807, 2.05) is 50.8 Å². The van der Waals surface area contributed by atoms with Gasteiger partial charge in [0, 0.05) is 25.1 Å². The molecule has 1 fully saturated rings. The van der Waals surface area contributed by atoms with Gasteiger partial charge in [0.2, 0.25) is 5.91 Å². The predicted octanol–water partition coefficient (Wildman–Crippen LogP) is 6.15. The smallest absolute Gasteiger partial charge is 0.407 e. The lowest BCUT2D eigenvalue weighted by atomic mass is 9.85. The highest BCUT2D eigenvalue weighted by Gasteiger charge is 2.48. The minimum Gasteiger partial charge on any atom is -0.496 e. The minimum atomic E-state index is -0.750. The molecular weight excluding hydrogens is 492 g/mol. The van der Waals surface area contributed by atoms with Gasteiger partial charge in [0.25, 0.3) is 0 Å². The zero-order valence-corrected chi connectivity index (χ0v) is 24.3. The molecule has 2 aromatic carbocycles. The summed E-state index contributed by atoms with van der Waals surface area (Å²) in [6.07, 6.45) is 5.82. The first-order valence-electron chi connectivity index (χ1n) is 13.6. The Morgan fingerprint density at radius 3 is 2.51 bits per heavy atom. The monoisotopic (exact) mass is 536 g/mol. The first-order valence-corrected chi connectivity index (χ1v) is 13.6. The fraction of sp³-hybridized carbons (Fsp3) is 0.500. The SMILES string of the molecule is C=CCCCOC(=O)N[C@H](C(=O)N1C[C@](OC)(c2ccc3ccc(OC)c(CC=C)c3c2)C[C@H]1C)C(C)(C)C. The molecule has 1 aliphatic rings.